The zero-order valence-electron chi connectivity index (χ0n) is 12.0. The van der Waals surface area contributed by atoms with Gasteiger partial charge in [0.25, 0.3) is 5.91 Å². The standard InChI is InChI=1S/C15H19N3O3/c1-20-6-3-5-17-15(19)12-8-13(10-16-9-12)18-11-14-4-2-7-21-14/h2,4,7-10,18H,3,5-6,11H2,1H3,(H,17,19). The molecule has 2 rings (SSSR count). The van der Waals surface area contributed by atoms with Crippen molar-refractivity contribution in [1.82, 2.24) is 10.3 Å². The van der Waals surface area contributed by atoms with Crippen LogP contribution in [0.1, 0.15) is 22.5 Å². The van der Waals surface area contributed by atoms with E-state index in [2.05, 4.69) is 15.6 Å². The maximum absolute atomic E-state index is 12.0. The number of pyridine rings is 1. The Bertz CT molecular complexity index is 555. The minimum atomic E-state index is -0.139. The van der Waals surface area contributed by atoms with Crippen molar-refractivity contribution in [2.24, 2.45) is 0 Å². The number of ether oxygens (including phenoxy) is 1. The van der Waals surface area contributed by atoms with Gasteiger partial charge < -0.3 is 19.8 Å². The highest BCUT2D eigenvalue weighted by Gasteiger charge is 2.06. The zero-order chi connectivity index (χ0) is 14.9. The van der Waals surface area contributed by atoms with Crippen LogP contribution in [-0.4, -0.2) is 31.2 Å². The van der Waals surface area contributed by atoms with Gasteiger partial charge in [0, 0.05) is 32.7 Å². The minimum absolute atomic E-state index is 0.139. The molecule has 0 saturated carbocycles. The molecule has 2 aromatic heterocycles. The van der Waals surface area contributed by atoms with Crippen molar-refractivity contribution < 1.29 is 13.9 Å². The highest BCUT2D eigenvalue weighted by molar-refractivity contribution is 5.94. The minimum Gasteiger partial charge on any atom is -0.467 e. The molecule has 6 nitrogen and oxygen atoms in total. The van der Waals surface area contributed by atoms with Crippen molar-refractivity contribution in [2.75, 3.05) is 25.6 Å². The molecule has 0 aliphatic rings. The smallest absolute Gasteiger partial charge is 0.252 e. The predicted octanol–water partition coefficient (Wildman–Crippen LogP) is 2.05. The molecule has 0 atom stereocenters. The molecule has 2 heterocycles. The number of methoxy groups -OCH3 is 1. The topological polar surface area (TPSA) is 76.4 Å². The summed E-state index contributed by atoms with van der Waals surface area (Å²) in [7, 11) is 1.64. The first-order valence-corrected chi connectivity index (χ1v) is 6.78. The Balaban J connectivity index is 1.86. The first kappa shape index (κ1) is 15.1. The van der Waals surface area contributed by atoms with Gasteiger partial charge in [-0.15, -0.1) is 0 Å². The Kier molecular flexibility index (Phi) is 5.78. The van der Waals surface area contributed by atoms with E-state index >= 15 is 0 Å². The lowest BCUT2D eigenvalue weighted by Crippen LogP contribution is -2.25. The number of nitrogens with zero attached hydrogens (tertiary/aromatic N) is 1. The number of hydrogen-bond acceptors (Lipinski definition) is 5. The largest absolute Gasteiger partial charge is 0.467 e. The van der Waals surface area contributed by atoms with E-state index in [0.29, 0.717) is 25.3 Å². The van der Waals surface area contributed by atoms with Crippen LogP contribution in [0.15, 0.2) is 41.3 Å². The van der Waals surface area contributed by atoms with Crippen molar-refractivity contribution in [1.29, 1.82) is 0 Å². The van der Waals surface area contributed by atoms with Crippen LogP contribution in [0.5, 0.6) is 0 Å². The summed E-state index contributed by atoms with van der Waals surface area (Å²) in [6, 6.07) is 5.48. The fourth-order valence-corrected chi connectivity index (χ4v) is 1.78. The van der Waals surface area contributed by atoms with Gasteiger partial charge in [-0.2, -0.15) is 0 Å². The van der Waals surface area contributed by atoms with Crippen molar-refractivity contribution >= 4 is 11.6 Å². The van der Waals surface area contributed by atoms with Crippen LogP contribution in [0, 0.1) is 0 Å². The summed E-state index contributed by atoms with van der Waals surface area (Å²) >= 11 is 0. The van der Waals surface area contributed by atoms with Crippen molar-refractivity contribution in [3.8, 4) is 0 Å². The Labute approximate surface area is 123 Å². The second-order valence-electron chi connectivity index (χ2n) is 4.50. The molecule has 0 bridgehead atoms. The van der Waals surface area contributed by atoms with Gasteiger partial charge in [0.2, 0.25) is 0 Å². The summed E-state index contributed by atoms with van der Waals surface area (Å²) in [5.41, 5.74) is 1.30. The van der Waals surface area contributed by atoms with E-state index in [9.17, 15) is 4.79 Å². The van der Waals surface area contributed by atoms with E-state index in [1.165, 1.54) is 0 Å². The molecule has 0 aromatic carbocycles. The number of anilines is 1. The summed E-state index contributed by atoms with van der Waals surface area (Å²) in [6.07, 6.45) is 5.62. The Morgan fingerprint density at radius 3 is 3.10 bits per heavy atom. The van der Waals surface area contributed by atoms with E-state index in [1.807, 2.05) is 12.1 Å². The molecule has 0 aliphatic carbocycles. The van der Waals surface area contributed by atoms with Crippen LogP contribution in [-0.2, 0) is 11.3 Å². The molecule has 0 unspecified atom stereocenters. The second-order valence-corrected chi connectivity index (χ2v) is 4.50. The molecule has 0 radical (unpaired) electrons. The Morgan fingerprint density at radius 1 is 1.43 bits per heavy atom. The van der Waals surface area contributed by atoms with E-state index in [1.54, 1.807) is 31.8 Å². The van der Waals surface area contributed by atoms with Gasteiger partial charge in [-0.25, -0.2) is 0 Å². The molecule has 1 amide bonds. The number of carbonyl (C=O) groups is 1. The van der Waals surface area contributed by atoms with Crippen LogP contribution in [0.3, 0.4) is 0 Å². The normalized spacial score (nSPS) is 10.3. The first-order chi connectivity index (χ1) is 10.3. The molecule has 2 N–H and O–H groups in total. The van der Waals surface area contributed by atoms with Gasteiger partial charge in [-0.1, -0.05) is 0 Å². The highest BCUT2D eigenvalue weighted by Crippen LogP contribution is 2.10. The lowest BCUT2D eigenvalue weighted by Gasteiger charge is -2.07. The van der Waals surface area contributed by atoms with Gasteiger partial charge in [0.1, 0.15) is 5.76 Å². The number of amides is 1. The summed E-state index contributed by atoms with van der Waals surface area (Å²) in [4.78, 5) is 16.0. The number of hydrogen-bond donors (Lipinski definition) is 2. The SMILES string of the molecule is COCCCNC(=O)c1cncc(NCc2ccco2)c1. The Hall–Kier alpha value is -2.34. The van der Waals surface area contributed by atoms with Gasteiger partial charge in [0.15, 0.2) is 0 Å². The molecule has 21 heavy (non-hydrogen) atoms. The number of aromatic nitrogens is 1. The van der Waals surface area contributed by atoms with Crippen LogP contribution in [0.4, 0.5) is 5.69 Å². The summed E-state index contributed by atoms with van der Waals surface area (Å²) in [6.45, 7) is 1.76. The van der Waals surface area contributed by atoms with E-state index < -0.39 is 0 Å². The molecular weight excluding hydrogens is 270 g/mol. The average molecular weight is 289 g/mol. The third-order valence-electron chi connectivity index (χ3n) is 2.86. The van der Waals surface area contributed by atoms with Crippen LogP contribution in [0.25, 0.3) is 0 Å². The molecule has 2 aromatic rings. The zero-order valence-corrected chi connectivity index (χ0v) is 12.0. The predicted molar refractivity (Wildman–Crippen MR) is 79.1 cm³/mol. The molecule has 0 fully saturated rings. The van der Waals surface area contributed by atoms with Gasteiger partial charge >= 0.3 is 0 Å². The van der Waals surface area contributed by atoms with Crippen LogP contribution >= 0.6 is 0 Å². The molecular formula is C15H19N3O3. The van der Waals surface area contributed by atoms with E-state index in [0.717, 1.165) is 17.9 Å². The molecule has 0 spiro atoms. The third kappa shape index (κ3) is 4.92. The lowest BCUT2D eigenvalue weighted by molar-refractivity contribution is 0.0948. The molecule has 0 saturated heterocycles. The number of nitrogens with one attached hydrogen (secondary N) is 2. The molecule has 112 valence electrons. The van der Waals surface area contributed by atoms with Gasteiger partial charge in [-0.05, 0) is 24.6 Å². The summed E-state index contributed by atoms with van der Waals surface area (Å²) < 4.78 is 10.2. The van der Waals surface area contributed by atoms with E-state index in [4.69, 9.17) is 9.15 Å². The Morgan fingerprint density at radius 2 is 2.33 bits per heavy atom. The highest BCUT2D eigenvalue weighted by atomic mass is 16.5. The number of carbonyl (C=O) groups excluding carboxylic acids is 1. The monoisotopic (exact) mass is 289 g/mol. The van der Waals surface area contributed by atoms with Gasteiger partial charge in [-0.3, -0.25) is 9.78 Å². The fourth-order valence-electron chi connectivity index (χ4n) is 1.78. The van der Waals surface area contributed by atoms with Crippen molar-refractivity contribution in [3.63, 3.8) is 0 Å². The van der Waals surface area contributed by atoms with E-state index in [-0.39, 0.29) is 5.91 Å². The maximum Gasteiger partial charge on any atom is 0.252 e. The van der Waals surface area contributed by atoms with Gasteiger partial charge in [0.05, 0.1) is 24.1 Å². The first-order valence-electron chi connectivity index (χ1n) is 6.78. The van der Waals surface area contributed by atoms with Crippen molar-refractivity contribution in [2.45, 2.75) is 13.0 Å². The summed E-state index contributed by atoms with van der Waals surface area (Å²) in [5, 5.41) is 5.99. The summed E-state index contributed by atoms with van der Waals surface area (Å²) in [5.74, 6) is 0.685. The maximum atomic E-state index is 12.0. The quantitative estimate of drug-likeness (QED) is 0.727. The average Bonchev–Trinajstić information content (AvgIpc) is 3.03. The fraction of sp³-hybridized carbons (Fsp3) is 0.333. The molecule has 0 aliphatic heterocycles. The third-order valence-corrected chi connectivity index (χ3v) is 2.86. The van der Waals surface area contributed by atoms with Crippen LogP contribution < -0.4 is 10.6 Å². The van der Waals surface area contributed by atoms with Crippen LogP contribution in [0.2, 0.25) is 0 Å². The van der Waals surface area contributed by atoms with Crippen molar-refractivity contribution in [3.05, 3.63) is 48.2 Å². The lowest BCUT2D eigenvalue weighted by atomic mass is 10.2. The number of furan rings is 1. The molecule has 6 heteroatoms. The second kappa shape index (κ2) is 8.06. The number of rotatable bonds is 8.